The molecule has 0 saturated heterocycles. The Bertz CT molecular complexity index is 647. The van der Waals surface area contributed by atoms with Crippen molar-refractivity contribution in [3.8, 4) is 0 Å². The minimum atomic E-state index is 0.773. The van der Waals surface area contributed by atoms with Crippen LogP contribution >= 0.6 is 0 Å². The van der Waals surface area contributed by atoms with Crippen LogP contribution in [0.15, 0.2) is 65.8 Å². The predicted molar refractivity (Wildman–Crippen MR) is 82.8 cm³/mol. The van der Waals surface area contributed by atoms with E-state index in [1.807, 2.05) is 42.5 Å². The standard InChI is InChI=1S/C16H16N4/c1-13-6-5-9-15(12-13)20-18-16(17-19-20)11-10-14-7-3-2-4-8-14/h2-12,19H,1H3,(H,17,18). The van der Waals surface area contributed by atoms with Crippen LogP contribution in [0.25, 0.3) is 6.08 Å². The average Bonchev–Trinajstić information content (AvgIpc) is 2.95. The van der Waals surface area contributed by atoms with E-state index in [4.69, 9.17) is 0 Å². The zero-order chi connectivity index (χ0) is 13.8. The molecule has 1 aliphatic heterocycles. The van der Waals surface area contributed by atoms with Crippen molar-refractivity contribution in [2.24, 2.45) is 5.10 Å². The van der Waals surface area contributed by atoms with E-state index in [2.05, 4.69) is 47.3 Å². The third kappa shape index (κ3) is 2.80. The fourth-order valence-electron chi connectivity index (χ4n) is 1.97. The largest absolute Gasteiger partial charge is 0.260 e. The average molecular weight is 264 g/mol. The van der Waals surface area contributed by atoms with Crippen molar-refractivity contribution < 1.29 is 0 Å². The molecular formula is C16H16N4. The van der Waals surface area contributed by atoms with Gasteiger partial charge in [-0.05, 0) is 36.3 Å². The number of nitrogens with zero attached hydrogens (tertiary/aromatic N) is 2. The van der Waals surface area contributed by atoms with E-state index in [9.17, 15) is 0 Å². The molecule has 0 unspecified atom stereocenters. The lowest BCUT2D eigenvalue weighted by Gasteiger charge is -2.17. The summed E-state index contributed by atoms with van der Waals surface area (Å²) in [5.74, 6) is 0.773. The monoisotopic (exact) mass is 264 g/mol. The van der Waals surface area contributed by atoms with Crippen LogP contribution in [0.1, 0.15) is 11.1 Å². The van der Waals surface area contributed by atoms with Crippen LogP contribution in [0.3, 0.4) is 0 Å². The van der Waals surface area contributed by atoms with Gasteiger partial charge in [0.05, 0.1) is 5.69 Å². The Morgan fingerprint density at radius 3 is 2.65 bits per heavy atom. The molecular weight excluding hydrogens is 248 g/mol. The van der Waals surface area contributed by atoms with Gasteiger partial charge in [0.25, 0.3) is 0 Å². The van der Waals surface area contributed by atoms with Crippen molar-refractivity contribution in [3.05, 3.63) is 71.8 Å². The number of nitrogens with one attached hydrogen (secondary N) is 2. The van der Waals surface area contributed by atoms with E-state index in [1.165, 1.54) is 5.56 Å². The second-order valence-corrected chi connectivity index (χ2v) is 4.63. The first-order chi connectivity index (χ1) is 9.81. The lowest BCUT2D eigenvalue weighted by atomic mass is 10.2. The maximum atomic E-state index is 4.23. The molecule has 0 bridgehead atoms. The fourth-order valence-corrected chi connectivity index (χ4v) is 1.97. The highest BCUT2D eigenvalue weighted by Gasteiger charge is 2.12. The molecule has 0 spiro atoms. The number of hydrogen-bond donors (Lipinski definition) is 2. The first-order valence-corrected chi connectivity index (χ1v) is 6.51. The molecule has 0 aliphatic carbocycles. The van der Waals surface area contributed by atoms with E-state index in [-0.39, 0.29) is 0 Å². The van der Waals surface area contributed by atoms with Gasteiger partial charge in [-0.2, -0.15) is 10.7 Å². The Kier molecular flexibility index (Phi) is 3.37. The molecule has 0 amide bonds. The number of rotatable bonds is 3. The zero-order valence-electron chi connectivity index (χ0n) is 11.2. The van der Waals surface area contributed by atoms with Crippen molar-refractivity contribution >= 4 is 17.6 Å². The minimum absolute atomic E-state index is 0.773. The van der Waals surface area contributed by atoms with Gasteiger partial charge in [0, 0.05) is 0 Å². The first kappa shape index (κ1) is 12.3. The van der Waals surface area contributed by atoms with Gasteiger partial charge in [0.2, 0.25) is 0 Å². The van der Waals surface area contributed by atoms with Gasteiger partial charge in [0.1, 0.15) is 0 Å². The van der Waals surface area contributed by atoms with Crippen molar-refractivity contribution in [2.45, 2.75) is 6.92 Å². The Morgan fingerprint density at radius 2 is 1.85 bits per heavy atom. The molecule has 0 aromatic heterocycles. The van der Waals surface area contributed by atoms with Crippen LogP contribution in [0.2, 0.25) is 0 Å². The van der Waals surface area contributed by atoms with Gasteiger partial charge in [-0.25, -0.2) is 0 Å². The van der Waals surface area contributed by atoms with Gasteiger partial charge in [-0.15, -0.1) is 5.10 Å². The highest BCUT2D eigenvalue weighted by molar-refractivity contribution is 5.98. The maximum absolute atomic E-state index is 4.23. The predicted octanol–water partition coefficient (Wildman–Crippen LogP) is 2.85. The molecule has 4 heteroatoms. The van der Waals surface area contributed by atoms with Crippen LogP contribution in [0, 0.1) is 6.92 Å². The van der Waals surface area contributed by atoms with Crippen molar-refractivity contribution in [3.63, 3.8) is 0 Å². The summed E-state index contributed by atoms with van der Waals surface area (Å²) in [5, 5.41) is 6.02. The Hall–Kier alpha value is -2.75. The van der Waals surface area contributed by atoms with Crippen molar-refractivity contribution in [1.82, 2.24) is 11.0 Å². The molecule has 0 atom stereocenters. The van der Waals surface area contributed by atoms with Crippen LogP contribution in [0.4, 0.5) is 5.69 Å². The van der Waals surface area contributed by atoms with E-state index in [1.54, 1.807) is 5.12 Å². The normalized spacial score (nSPS) is 14.1. The number of anilines is 1. The number of hydrogen-bond acceptors (Lipinski definition) is 4. The first-order valence-electron chi connectivity index (χ1n) is 6.51. The highest BCUT2D eigenvalue weighted by Crippen LogP contribution is 2.14. The molecule has 1 aliphatic rings. The quantitative estimate of drug-likeness (QED) is 0.895. The van der Waals surface area contributed by atoms with Gasteiger partial charge in [-0.3, -0.25) is 5.43 Å². The molecule has 0 fully saturated rings. The van der Waals surface area contributed by atoms with Crippen LogP contribution < -0.4 is 16.1 Å². The summed E-state index contributed by atoms with van der Waals surface area (Å²) in [7, 11) is 0. The SMILES string of the molecule is Cc1cccc(N2NN=C(C=Cc3ccccc3)N2)c1. The van der Waals surface area contributed by atoms with Crippen molar-refractivity contribution in [2.75, 3.05) is 5.12 Å². The second-order valence-electron chi connectivity index (χ2n) is 4.63. The van der Waals surface area contributed by atoms with Crippen LogP contribution in [-0.4, -0.2) is 5.84 Å². The molecule has 100 valence electrons. The third-order valence-electron chi connectivity index (χ3n) is 2.99. The number of aryl methyl sites for hydroxylation is 1. The van der Waals surface area contributed by atoms with Gasteiger partial charge >= 0.3 is 0 Å². The number of benzene rings is 2. The van der Waals surface area contributed by atoms with Gasteiger partial charge < -0.3 is 0 Å². The molecule has 20 heavy (non-hydrogen) atoms. The van der Waals surface area contributed by atoms with E-state index in [0.717, 1.165) is 17.1 Å². The zero-order valence-corrected chi connectivity index (χ0v) is 11.2. The molecule has 2 aromatic rings. The lowest BCUT2D eigenvalue weighted by molar-refractivity contribution is 0.684. The van der Waals surface area contributed by atoms with Gasteiger partial charge in [0.15, 0.2) is 5.84 Å². The summed E-state index contributed by atoms with van der Waals surface area (Å²) in [4.78, 5) is 0. The number of hydrazine groups is 2. The second kappa shape index (κ2) is 5.48. The summed E-state index contributed by atoms with van der Waals surface area (Å²) >= 11 is 0. The van der Waals surface area contributed by atoms with E-state index >= 15 is 0 Å². The Balaban J connectivity index is 1.66. The molecule has 4 nitrogen and oxygen atoms in total. The summed E-state index contributed by atoms with van der Waals surface area (Å²) in [6.45, 7) is 2.07. The number of amidine groups is 1. The molecule has 3 rings (SSSR count). The molecule has 1 heterocycles. The Morgan fingerprint density at radius 1 is 1.00 bits per heavy atom. The maximum Gasteiger partial charge on any atom is 0.168 e. The highest BCUT2D eigenvalue weighted by atomic mass is 15.9. The van der Waals surface area contributed by atoms with Crippen LogP contribution in [-0.2, 0) is 0 Å². The molecule has 2 aromatic carbocycles. The van der Waals surface area contributed by atoms with Crippen LogP contribution in [0.5, 0.6) is 0 Å². The number of hydrazone groups is 1. The summed E-state index contributed by atoms with van der Waals surface area (Å²) in [5.41, 5.74) is 9.51. The summed E-state index contributed by atoms with van der Waals surface area (Å²) in [6.07, 6.45) is 3.96. The fraction of sp³-hybridized carbons (Fsp3) is 0.0625. The minimum Gasteiger partial charge on any atom is -0.260 e. The van der Waals surface area contributed by atoms with Gasteiger partial charge in [-0.1, -0.05) is 48.5 Å². The smallest absolute Gasteiger partial charge is 0.168 e. The summed E-state index contributed by atoms with van der Waals surface area (Å²) < 4.78 is 0. The van der Waals surface area contributed by atoms with Crippen molar-refractivity contribution in [1.29, 1.82) is 0 Å². The summed E-state index contributed by atoms with van der Waals surface area (Å²) in [6, 6.07) is 18.3. The molecule has 0 radical (unpaired) electrons. The van der Waals surface area contributed by atoms with E-state index < -0.39 is 0 Å². The Labute approximate surface area is 118 Å². The molecule has 0 saturated carbocycles. The molecule has 2 N–H and O–H groups in total. The lowest BCUT2D eigenvalue weighted by Crippen LogP contribution is -2.41. The van der Waals surface area contributed by atoms with E-state index in [0.29, 0.717) is 0 Å². The topological polar surface area (TPSA) is 39.7 Å². The third-order valence-corrected chi connectivity index (χ3v) is 2.99.